The van der Waals surface area contributed by atoms with Crippen LogP contribution in [0.15, 0.2) is 18.2 Å². The quantitative estimate of drug-likeness (QED) is 0.773. The molecule has 1 aromatic carbocycles. The molecule has 0 radical (unpaired) electrons. The fourth-order valence-electron chi connectivity index (χ4n) is 2.80. The maximum atomic E-state index is 6.35. The van der Waals surface area contributed by atoms with Gasteiger partial charge in [-0.3, -0.25) is 0 Å². The molecule has 3 N–H and O–H groups in total. The number of nitrogens with one attached hydrogen (secondary N) is 1. The van der Waals surface area contributed by atoms with Gasteiger partial charge in [-0.2, -0.15) is 0 Å². The van der Waals surface area contributed by atoms with Crippen LogP contribution in [0.25, 0.3) is 0 Å². The molecule has 1 saturated heterocycles. The summed E-state index contributed by atoms with van der Waals surface area (Å²) in [6.07, 6.45) is 1.03. The Labute approximate surface area is 101 Å². The Bertz CT molecular complexity index is 422. The fraction of sp³-hybridized carbons (Fsp3) is 0.538. The smallest absolute Gasteiger partial charge is 0.119 e. The molecule has 3 unspecified atom stereocenters. The highest BCUT2D eigenvalue weighted by atomic mass is 16.5. The minimum Gasteiger partial charge on any atom is -0.497 e. The van der Waals surface area contributed by atoms with Crippen molar-refractivity contribution >= 4 is 5.69 Å². The van der Waals surface area contributed by atoms with Crippen LogP contribution in [0, 0.1) is 5.92 Å². The summed E-state index contributed by atoms with van der Waals surface area (Å²) in [5.74, 6) is 1.22. The first-order chi connectivity index (χ1) is 8.29. The Balaban J connectivity index is 1.97. The van der Waals surface area contributed by atoms with Gasteiger partial charge in [0.25, 0.3) is 0 Å². The second-order valence-electron chi connectivity index (χ2n) is 4.76. The van der Waals surface area contributed by atoms with E-state index in [4.69, 9.17) is 15.2 Å². The minimum absolute atomic E-state index is 0.0339. The molecule has 3 atom stereocenters. The van der Waals surface area contributed by atoms with Gasteiger partial charge in [0.1, 0.15) is 5.75 Å². The Morgan fingerprint density at radius 2 is 2.35 bits per heavy atom. The van der Waals surface area contributed by atoms with Crippen molar-refractivity contribution in [1.29, 1.82) is 0 Å². The van der Waals surface area contributed by atoms with E-state index in [1.165, 1.54) is 0 Å². The van der Waals surface area contributed by atoms with E-state index >= 15 is 0 Å². The first kappa shape index (κ1) is 10.9. The lowest BCUT2D eigenvalue weighted by molar-refractivity contribution is 0.0342. The zero-order valence-corrected chi connectivity index (χ0v) is 9.98. The molecular weight excluding hydrogens is 216 g/mol. The van der Waals surface area contributed by atoms with Crippen molar-refractivity contribution in [2.45, 2.75) is 18.5 Å². The van der Waals surface area contributed by atoms with E-state index in [0.29, 0.717) is 12.0 Å². The van der Waals surface area contributed by atoms with Crippen molar-refractivity contribution in [3.05, 3.63) is 23.8 Å². The van der Waals surface area contributed by atoms with E-state index in [2.05, 4.69) is 11.4 Å². The van der Waals surface area contributed by atoms with Gasteiger partial charge in [0.2, 0.25) is 0 Å². The number of hydrogen-bond donors (Lipinski definition) is 2. The van der Waals surface area contributed by atoms with Gasteiger partial charge in [0, 0.05) is 30.3 Å². The molecule has 2 heterocycles. The van der Waals surface area contributed by atoms with E-state index in [1.54, 1.807) is 7.11 Å². The summed E-state index contributed by atoms with van der Waals surface area (Å²) < 4.78 is 10.8. The van der Waals surface area contributed by atoms with Crippen LogP contribution in [0.1, 0.15) is 18.0 Å². The van der Waals surface area contributed by atoms with Gasteiger partial charge < -0.3 is 20.5 Å². The molecule has 1 fully saturated rings. The van der Waals surface area contributed by atoms with Gasteiger partial charge in [0.05, 0.1) is 13.7 Å². The van der Waals surface area contributed by atoms with E-state index in [-0.39, 0.29) is 6.04 Å². The standard InChI is InChI=1S/C13H18N2O2/c1-16-8-2-3-11-9(6-8)13(14)10-7-17-5-4-12(10)15-11/h2-3,6,10,12-13,15H,4-5,7,14H2,1H3. The Hall–Kier alpha value is -1.26. The van der Waals surface area contributed by atoms with Crippen molar-refractivity contribution < 1.29 is 9.47 Å². The molecule has 3 rings (SSSR count). The number of hydrogen-bond acceptors (Lipinski definition) is 4. The van der Waals surface area contributed by atoms with Crippen molar-refractivity contribution in [3.63, 3.8) is 0 Å². The highest BCUT2D eigenvalue weighted by Gasteiger charge is 2.36. The zero-order chi connectivity index (χ0) is 11.8. The summed E-state index contributed by atoms with van der Waals surface area (Å²) in [4.78, 5) is 0. The lowest BCUT2D eigenvalue weighted by Crippen LogP contribution is -2.46. The van der Waals surface area contributed by atoms with Crippen LogP contribution in [0.3, 0.4) is 0 Å². The Morgan fingerprint density at radius 3 is 3.18 bits per heavy atom. The highest BCUT2D eigenvalue weighted by Crippen LogP contribution is 2.39. The van der Waals surface area contributed by atoms with Crippen LogP contribution in [-0.4, -0.2) is 26.4 Å². The third-order valence-electron chi connectivity index (χ3n) is 3.82. The third-order valence-corrected chi connectivity index (χ3v) is 3.82. The molecule has 17 heavy (non-hydrogen) atoms. The summed E-state index contributed by atoms with van der Waals surface area (Å²) in [5, 5.41) is 3.57. The molecule has 0 aromatic heterocycles. The molecule has 0 aliphatic carbocycles. The first-order valence-corrected chi connectivity index (χ1v) is 6.07. The van der Waals surface area contributed by atoms with Crippen LogP contribution in [0.5, 0.6) is 5.75 Å². The molecule has 92 valence electrons. The van der Waals surface area contributed by atoms with Crippen LogP contribution >= 0.6 is 0 Å². The number of methoxy groups -OCH3 is 1. The van der Waals surface area contributed by atoms with Gasteiger partial charge in [0.15, 0.2) is 0 Å². The summed E-state index contributed by atoms with van der Waals surface area (Å²) in [5.41, 5.74) is 8.62. The van der Waals surface area contributed by atoms with Gasteiger partial charge >= 0.3 is 0 Å². The van der Waals surface area contributed by atoms with E-state index < -0.39 is 0 Å². The highest BCUT2D eigenvalue weighted by molar-refractivity contribution is 5.58. The van der Waals surface area contributed by atoms with Crippen LogP contribution < -0.4 is 15.8 Å². The molecule has 4 heteroatoms. The second-order valence-corrected chi connectivity index (χ2v) is 4.76. The van der Waals surface area contributed by atoms with Crippen LogP contribution in [0.4, 0.5) is 5.69 Å². The number of fused-ring (bicyclic) bond motifs is 2. The lowest BCUT2D eigenvalue weighted by Gasteiger charge is -2.41. The molecule has 2 aliphatic heterocycles. The Kier molecular flexibility index (Phi) is 2.68. The summed E-state index contributed by atoms with van der Waals surface area (Å²) in [6, 6.07) is 6.53. The number of ether oxygens (including phenoxy) is 2. The first-order valence-electron chi connectivity index (χ1n) is 6.07. The lowest BCUT2D eigenvalue weighted by atomic mass is 9.81. The molecule has 0 spiro atoms. The maximum Gasteiger partial charge on any atom is 0.119 e. The van der Waals surface area contributed by atoms with Gasteiger partial charge in [-0.15, -0.1) is 0 Å². The van der Waals surface area contributed by atoms with Crippen molar-refractivity contribution in [2.75, 3.05) is 25.6 Å². The van der Waals surface area contributed by atoms with Gasteiger partial charge in [-0.05, 0) is 30.2 Å². The molecule has 2 aliphatic rings. The number of benzene rings is 1. The van der Waals surface area contributed by atoms with Gasteiger partial charge in [-0.25, -0.2) is 0 Å². The largest absolute Gasteiger partial charge is 0.497 e. The zero-order valence-electron chi connectivity index (χ0n) is 9.98. The van der Waals surface area contributed by atoms with Crippen LogP contribution in [-0.2, 0) is 4.74 Å². The minimum atomic E-state index is 0.0339. The predicted octanol–water partition coefficient (Wildman–Crippen LogP) is 1.53. The molecule has 0 saturated carbocycles. The van der Waals surface area contributed by atoms with Crippen molar-refractivity contribution in [1.82, 2.24) is 0 Å². The van der Waals surface area contributed by atoms with Crippen LogP contribution in [0.2, 0.25) is 0 Å². The summed E-state index contributed by atoms with van der Waals surface area (Å²) in [6.45, 7) is 1.57. The molecule has 4 nitrogen and oxygen atoms in total. The van der Waals surface area contributed by atoms with Crippen molar-refractivity contribution in [3.8, 4) is 5.75 Å². The predicted molar refractivity (Wildman–Crippen MR) is 66.3 cm³/mol. The van der Waals surface area contributed by atoms with Gasteiger partial charge in [-0.1, -0.05) is 0 Å². The summed E-state index contributed by atoms with van der Waals surface area (Å²) >= 11 is 0. The second kappa shape index (κ2) is 4.20. The molecule has 0 bridgehead atoms. The summed E-state index contributed by atoms with van der Waals surface area (Å²) in [7, 11) is 1.68. The Morgan fingerprint density at radius 1 is 1.47 bits per heavy atom. The van der Waals surface area contributed by atoms with E-state index in [0.717, 1.165) is 36.6 Å². The van der Waals surface area contributed by atoms with E-state index in [9.17, 15) is 0 Å². The average Bonchev–Trinajstić information content (AvgIpc) is 2.39. The van der Waals surface area contributed by atoms with E-state index in [1.807, 2.05) is 12.1 Å². The third kappa shape index (κ3) is 1.77. The number of nitrogens with two attached hydrogens (primary N) is 1. The normalized spacial score (nSPS) is 31.1. The molecule has 1 aromatic rings. The molecular formula is C13H18N2O2. The topological polar surface area (TPSA) is 56.5 Å². The molecule has 0 amide bonds. The monoisotopic (exact) mass is 234 g/mol. The number of anilines is 1. The average molecular weight is 234 g/mol. The number of rotatable bonds is 1. The fourth-order valence-corrected chi connectivity index (χ4v) is 2.80. The van der Waals surface area contributed by atoms with Crippen molar-refractivity contribution in [2.24, 2.45) is 11.7 Å². The maximum absolute atomic E-state index is 6.35. The SMILES string of the molecule is COc1ccc2c(c1)C(N)C1COCCC1N2.